The highest BCUT2D eigenvalue weighted by molar-refractivity contribution is 5.79. The summed E-state index contributed by atoms with van der Waals surface area (Å²) in [6.45, 7) is 8.44. The fraction of sp³-hybridized carbons (Fsp3) is 0.923. The average Bonchev–Trinajstić information content (AvgIpc) is 2.36. The Bertz CT molecular complexity index is 192. The van der Waals surface area contributed by atoms with E-state index in [4.69, 9.17) is 5.84 Å². The number of hydrogen-bond donors (Lipinski definition) is 3. The molecule has 0 aromatic carbocycles. The van der Waals surface area contributed by atoms with Crippen molar-refractivity contribution in [2.75, 3.05) is 13.1 Å². The van der Waals surface area contributed by atoms with Crippen molar-refractivity contribution in [2.24, 2.45) is 16.8 Å². The van der Waals surface area contributed by atoms with Crippen LogP contribution < -0.4 is 16.6 Å². The first-order valence-electron chi connectivity index (χ1n) is 7.03. The van der Waals surface area contributed by atoms with E-state index in [1.807, 2.05) is 0 Å². The highest BCUT2D eigenvalue weighted by atomic mass is 15.3. The van der Waals surface area contributed by atoms with Crippen LogP contribution in [0.25, 0.3) is 0 Å². The fourth-order valence-corrected chi connectivity index (χ4v) is 1.67. The zero-order valence-electron chi connectivity index (χ0n) is 11.8. The first-order valence-corrected chi connectivity index (χ1v) is 7.03. The van der Waals surface area contributed by atoms with E-state index in [1.165, 1.54) is 32.1 Å². The highest BCUT2D eigenvalue weighted by Crippen LogP contribution is 2.12. The third-order valence-corrected chi connectivity index (χ3v) is 3.01. The number of nitrogens with two attached hydrogens (primary N) is 1. The Morgan fingerprint density at radius 1 is 1.18 bits per heavy atom. The Morgan fingerprint density at radius 3 is 2.41 bits per heavy atom. The van der Waals surface area contributed by atoms with Crippen LogP contribution in [0.2, 0.25) is 0 Å². The van der Waals surface area contributed by atoms with E-state index in [-0.39, 0.29) is 0 Å². The van der Waals surface area contributed by atoms with E-state index in [9.17, 15) is 0 Å². The summed E-state index contributed by atoms with van der Waals surface area (Å²) in [7, 11) is 0. The van der Waals surface area contributed by atoms with Crippen LogP contribution in [0.4, 0.5) is 0 Å². The van der Waals surface area contributed by atoms with Crippen LogP contribution in [-0.2, 0) is 0 Å². The van der Waals surface area contributed by atoms with Gasteiger partial charge in [-0.15, -0.1) is 0 Å². The molecule has 0 aliphatic rings. The Kier molecular flexibility index (Phi) is 11.2. The van der Waals surface area contributed by atoms with Gasteiger partial charge >= 0.3 is 0 Å². The molecule has 102 valence electrons. The maximum absolute atomic E-state index is 5.44. The number of hydrazine groups is 1. The summed E-state index contributed by atoms with van der Waals surface area (Å²) in [6.07, 6.45) is 7.34. The molecule has 0 saturated heterocycles. The molecular formula is C13H30N4. The second-order valence-corrected chi connectivity index (χ2v) is 4.53. The molecule has 0 bridgehead atoms. The quantitative estimate of drug-likeness (QED) is 0.191. The summed E-state index contributed by atoms with van der Waals surface area (Å²) in [5.74, 6) is 6.86. The minimum atomic E-state index is 0.686. The first kappa shape index (κ1) is 16.2. The van der Waals surface area contributed by atoms with E-state index in [0.717, 1.165) is 25.5 Å². The average molecular weight is 242 g/mol. The number of hydrogen-bond acceptors (Lipinski definition) is 2. The van der Waals surface area contributed by atoms with E-state index in [2.05, 4.69) is 36.5 Å². The SMILES string of the molecule is CCCCNC(=NCC(CC)CCCC)NN. The topological polar surface area (TPSA) is 62.4 Å². The van der Waals surface area contributed by atoms with Gasteiger partial charge in [-0.1, -0.05) is 46.5 Å². The van der Waals surface area contributed by atoms with Crippen molar-refractivity contribution in [1.82, 2.24) is 10.7 Å². The van der Waals surface area contributed by atoms with Crippen LogP contribution in [0.5, 0.6) is 0 Å². The molecule has 0 aliphatic carbocycles. The molecule has 4 nitrogen and oxygen atoms in total. The van der Waals surface area contributed by atoms with Crippen molar-refractivity contribution in [3.05, 3.63) is 0 Å². The molecule has 0 spiro atoms. The Morgan fingerprint density at radius 2 is 1.88 bits per heavy atom. The van der Waals surface area contributed by atoms with Crippen LogP contribution in [0.1, 0.15) is 59.3 Å². The number of nitrogens with zero attached hydrogens (tertiary/aromatic N) is 1. The highest BCUT2D eigenvalue weighted by Gasteiger charge is 2.05. The van der Waals surface area contributed by atoms with Crippen molar-refractivity contribution < 1.29 is 0 Å². The lowest BCUT2D eigenvalue weighted by molar-refractivity contribution is 0.461. The van der Waals surface area contributed by atoms with Gasteiger partial charge in [0.05, 0.1) is 0 Å². The summed E-state index contributed by atoms with van der Waals surface area (Å²) in [5.41, 5.74) is 2.64. The second kappa shape index (κ2) is 11.7. The van der Waals surface area contributed by atoms with Crippen molar-refractivity contribution in [3.8, 4) is 0 Å². The smallest absolute Gasteiger partial charge is 0.205 e. The monoisotopic (exact) mass is 242 g/mol. The van der Waals surface area contributed by atoms with Gasteiger partial charge in [0, 0.05) is 13.1 Å². The fourth-order valence-electron chi connectivity index (χ4n) is 1.67. The van der Waals surface area contributed by atoms with E-state index in [1.54, 1.807) is 0 Å². The first-order chi connectivity index (χ1) is 8.28. The lowest BCUT2D eigenvalue weighted by atomic mass is 10.00. The number of nitrogens with one attached hydrogen (secondary N) is 2. The van der Waals surface area contributed by atoms with Crippen LogP contribution in [0.3, 0.4) is 0 Å². The molecule has 0 heterocycles. The third-order valence-electron chi connectivity index (χ3n) is 3.01. The molecule has 4 heteroatoms. The molecule has 1 unspecified atom stereocenters. The summed E-state index contributed by atoms with van der Waals surface area (Å²) in [5, 5.41) is 3.22. The largest absolute Gasteiger partial charge is 0.355 e. The summed E-state index contributed by atoms with van der Waals surface area (Å²) in [6, 6.07) is 0. The predicted octanol–water partition coefficient (Wildman–Crippen LogP) is 2.41. The molecule has 0 radical (unpaired) electrons. The van der Waals surface area contributed by atoms with Crippen molar-refractivity contribution >= 4 is 5.96 Å². The van der Waals surface area contributed by atoms with Gasteiger partial charge in [0.1, 0.15) is 0 Å². The predicted molar refractivity (Wildman–Crippen MR) is 75.8 cm³/mol. The van der Waals surface area contributed by atoms with Gasteiger partial charge in [-0.2, -0.15) is 0 Å². The van der Waals surface area contributed by atoms with Crippen LogP contribution in [-0.4, -0.2) is 19.0 Å². The molecule has 1 atom stereocenters. The Hall–Kier alpha value is -0.770. The molecule has 0 aromatic rings. The third kappa shape index (κ3) is 8.98. The number of rotatable bonds is 9. The second-order valence-electron chi connectivity index (χ2n) is 4.53. The van der Waals surface area contributed by atoms with Crippen molar-refractivity contribution in [1.29, 1.82) is 0 Å². The minimum Gasteiger partial charge on any atom is -0.355 e. The van der Waals surface area contributed by atoms with Crippen LogP contribution in [0.15, 0.2) is 4.99 Å². The van der Waals surface area contributed by atoms with Gasteiger partial charge in [-0.05, 0) is 18.8 Å². The maximum atomic E-state index is 5.44. The standard InChI is InChI=1S/C13H30N4/c1-4-7-9-12(6-3)11-16-13(17-14)15-10-8-5-2/h12H,4-11,14H2,1-3H3,(H2,15,16,17). The minimum absolute atomic E-state index is 0.686. The lowest BCUT2D eigenvalue weighted by Crippen LogP contribution is -2.42. The van der Waals surface area contributed by atoms with Crippen LogP contribution >= 0.6 is 0 Å². The van der Waals surface area contributed by atoms with Crippen LogP contribution in [0, 0.1) is 5.92 Å². The molecule has 0 aromatic heterocycles. The Labute approximate surface area is 106 Å². The zero-order chi connectivity index (χ0) is 12.9. The van der Waals surface area contributed by atoms with Gasteiger partial charge in [0.2, 0.25) is 5.96 Å². The van der Waals surface area contributed by atoms with E-state index in [0.29, 0.717) is 5.92 Å². The summed E-state index contributed by atoms with van der Waals surface area (Å²) >= 11 is 0. The number of guanidine groups is 1. The number of unbranched alkanes of at least 4 members (excludes halogenated alkanes) is 2. The molecule has 17 heavy (non-hydrogen) atoms. The zero-order valence-corrected chi connectivity index (χ0v) is 11.8. The normalized spacial score (nSPS) is 13.5. The molecule has 0 rings (SSSR count). The van der Waals surface area contributed by atoms with Crippen molar-refractivity contribution in [3.63, 3.8) is 0 Å². The molecule has 0 amide bonds. The van der Waals surface area contributed by atoms with Gasteiger partial charge in [0.25, 0.3) is 0 Å². The molecular weight excluding hydrogens is 212 g/mol. The van der Waals surface area contributed by atoms with Gasteiger partial charge in [-0.3, -0.25) is 10.4 Å². The van der Waals surface area contributed by atoms with Gasteiger partial charge in [0.15, 0.2) is 0 Å². The van der Waals surface area contributed by atoms with Gasteiger partial charge < -0.3 is 5.32 Å². The van der Waals surface area contributed by atoms with E-state index < -0.39 is 0 Å². The molecule has 0 fully saturated rings. The Balaban J connectivity index is 3.94. The number of aliphatic imine (C=N–C) groups is 1. The van der Waals surface area contributed by atoms with Crippen molar-refractivity contribution in [2.45, 2.75) is 59.3 Å². The maximum Gasteiger partial charge on any atom is 0.205 e. The summed E-state index contributed by atoms with van der Waals surface area (Å²) < 4.78 is 0. The van der Waals surface area contributed by atoms with Gasteiger partial charge in [-0.25, -0.2) is 5.84 Å². The lowest BCUT2D eigenvalue weighted by Gasteiger charge is -2.13. The molecule has 0 aliphatic heterocycles. The molecule has 4 N–H and O–H groups in total. The van der Waals surface area contributed by atoms with E-state index >= 15 is 0 Å². The molecule has 0 saturated carbocycles. The summed E-state index contributed by atoms with van der Waals surface area (Å²) in [4.78, 5) is 4.51.